The van der Waals surface area contributed by atoms with Gasteiger partial charge in [-0.15, -0.1) is 0 Å². The molecule has 4 nitrogen and oxygen atoms in total. The van der Waals surface area contributed by atoms with E-state index in [1.54, 1.807) is 0 Å². The zero-order valence-electron chi connectivity index (χ0n) is 22.0. The molecule has 41 heavy (non-hydrogen) atoms. The second kappa shape index (κ2) is 9.54. The number of rotatable bonds is 4. The molecule has 2 aromatic heterocycles. The van der Waals surface area contributed by atoms with Gasteiger partial charge in [-0.1, -0.05) is 121 Å². The molecule has 0 amide bonds. The van der Waals surface area contributed by atoms with Crippen LogP contribution in [0.4, 0.5) is 0 Å². The molecule has 0 aliphatic rings. The van der Waals surface area contributed by atoms with E-state index in [-0.39, 0.29) is 0 Å². The molecule has 0 aliphatic heterocycles. The quantitative estimate of drug-likeness (QED) is 0.230. The van der Waals surface area contributed by atoms with E-state index in [0.717, 1.165) is 49.6 Å². The maximum atomic E-state index is 6.35. The van der Waals surface area contributed by atoms with Crippen LogP contribution in [0.3, 0.4) is 0 Å². The number of fused-ring (bicyclic) bond motifs is 4. The van der Waals surface area contributed by atoms with Gasteiger partial charge in [-0.3, -0.25) is 0 Å². The molecule has 0 unspecified atom stereocenters. The van der Waals surface area contributed by atoms with Crippen LogP contribution in [0, 0.1) is 0 Å². The van der Waals surface area contributed by atoms with E-state index in [1.165, 1.54) is 10.9 Å². The summed E-state index contributed by atoms with van der Waals surface area (Å²) in [7, 11) is 0. The second-order valence-electron chi connectivity index (χ2n) is 10.1. The molecule has 0 radical (unpaired) electrons. The molecule has 8 aromatic rings. The third-order valence-corrected chi connectivity index (χ3v) is 7.54. The summed E-state index contributed by atoms with van der Waals surface area (Å²) in [6, 6.07) is 47.6. The average molecular weight is 526 g/mol. The van der Waals surface area contributed by atoms with Gasteiger partial charge in [-0.2, -0.15) is 0 Å². The SMILES string of the molecule is c1ccc(-c2ccc(-c3nc(-c4ccc5ccccc5c4)nc(-c4cccc5c4oc4ccccc45)n3)cc2)cc1. The lowest BCUT2D eigenvalue weighted by atomic mass is 10.0. The van der Waals surface area contributed by atoms with Crippen molar-refractivity contribution in [1.82, 2.24) is 15.0 Å². The van der Waals surface area contributed by atoms with Gasteiger partial charge in [0.2, 0.25) is 0 Å². The van der Waals surface area contributed by atoms with Gasteiger partial charge in [0.1, 0.15) is 11.2 Å². The minimum Gasteiger partial charge on any atom is -0.455 e. The first kappa shape index (κ1) is 23.3. The normalized spacial score (nSPS) is 11.4. The fourth-order valence-electron chi connectivity index (χ4n) is 5.45. The molecule has 0 spiro atoms. The molecule has 4 heteroatoms. The summed E-state index contributed by atoms with van der Waals surface area (Å²) in [5, 5.41) is 4.43. The van der Waals surface area contributed by atoms with Gasteiger partial charge in [0.25, 0.3) is 0 Å². The van der Waals surface area contributed by atoms with E-state index in [0.29, 0.717) is 17.5 Å². The lowest BCUT2D eigenvalue weighted by Crippen LogP contribution is -2.00. The van der Waals surface area contributed by atoms with Gasteiger partial charge in [0.15, 0.2) is 17.5 Å². The molecule has 8 rings (SSSR count). The number of hydrogen-bond acceptors (Lipinski definition) is 4. The predicted octanol–water partition coefficient (Wildman–Crippen LogP) is 9.59. The molecule has 0 saturated heterocycles. The van der Waals surface area contributed by atoms with Crippen molar-refractivity contribution in [2.75, 3.05) is 0 Å². The molecule has 192 valence electrons. The molecule has 0 saturated carbocycles. The Labute approximate surface area is 236 Å². The van der Waals surface area contributed by atoms with Crippen molar-refractivity contribution in [2.45, 2.75) is 0 Å². The Morgan fingerprint density at radius 2 is 1.00 bits per heavy atom. The van der Waals surface area contributed by atoms with Crippen molar-refractivity contribution in [1.29, 1.82) is 0 Å². The van der Waals surface area contributed by atoms with Gasteiger partial charge in [-0.05, 0) is 40.1 Å². The molecule has 0 aliphatic carbocycles. The highest BCUT2D eigenvalue weighted by Gasteiger charge is 2.17. The minimum atomic E-state index is 0.579. The Morgan fingerprint density at radius 3 is 1.85 bits per heavy atom. The Kier molecular flexibility index (Phi) is 5.42. The zero-order valence-corrected chi connectivity index (χ0v) is 22.0. The van der Waals surface area contributed by atoms with Crippen molar-refractivity contribution < 1.29 is 4.42 Å². The molecule has 2 heterocycles. The molecule has 0 N–H and O–H groups in total. The van der Waals surface area contributed by atoms with Gasteiger partial charge < -0.3 is 4.42 Å². The summed E-state index contributed by atoms with van der Waals surface area (Å²) >= 11 is 0. The number of para-hydroxylation sites is 2. The largest absolute Gasteiger partial charge is 0.455 e. The van der Waals surface area contributed by atoms with Gasteiger partial charge in [-0.25, -0.2) is 15.0 Å². The van der Waals surface area contributed by atoms with E-state index in [9.17, 15) is 0 Å². The van der Waals surface area contributed by atoms with Gasteiger partial charge >= 0.3 is 0 Å². The zero-order chi connectivity index (χ0) is 27.2. The lowest BCUT2D eigenvalue weighted by molar-refractivity contribution is 0.669. The molecule has 0 fully saturated rings. The second-order valence-corrected chi connectivity index (χ2v) is 10.1. The highest BCUT2D eigenvalue weighted by molar-refractivity contribution is 6.09. The van der Waals surface area contributed by atoms with Gasteiger partial charge in [0, 0.05) is 21.9 Å². The van der Waals surface area contributed by atoms with Crippen molar-refractivity contribution in [3.05, 3.63) is 140 Å². The summed E-state index contributed by atoms with van der Waals surface area (Å²) in [6.45, 7) is 0. The van der Waals surface area contributed by atoms with Crippen LogP contribution in [0.15, 0.2) is 144 Å². The topological polar surface area (TPSA) is 51.8 Å². The van der Waals surface area contributed by atoms with Crippen LogP contribution in [0.5, 0.6) is 0 Å². The standard InChI is InChI=1S/C37H23N3O/c1-2-9-24(10-3-1)26-17-20-27(21-18-26)35-38-36(29-22-19-25-11-4-5-12-28(25)23-29)40-37(39-35)32-15-8-14-31-30-13-6-7-16-33(30)41-34(31)32/h1-23H. The molecular formula is C37H23N3O. The van der Waals surface area contributed by atoms with Gasteiger partial charge in [0.05, 0.1) is 5.56 Å². The Morgan fingerprint density at radius 1 is 0.390 bits per heavy atom. The first-order valence-electron chi connectivity index (χ1n) is 13.6. The van der Waals surface area contributed by atoms with E-state index < -0.39 is 0 Å². The number of furan rings is 1. The summed E-state index contributed by atoms with van der Waals surface area (Å²) < 4.78 is 6.35. The van der Waals surface area contributed by atoms with Crippen LogP contribution in [0.2, 0.25) is 0 Å². The lowest BCUT2D eigenvalue weighted by Gasteiger charge is -2.10. The van der Waals surface area contributed by atoms with Crippen molar-refractivity contribution in [3.63, 3.8) is 0 Å². The summed E-state index contributed by atoms with van der Waals surface area (Å²) in [6.07, 6.45) is 0. The fraction of sp³-hybridized carbons (Fsp3) is 0. The smallest absolute Gasteiger partial charge is 0.167 e. The Hall–Kier alpha value is -5.61. The first-order chi connectivity index (χ1) is 20.3. The molecule has 0 bridgehead atoms. The number of aromatic nitrogens is 3. The Balaban J connectivity index is 1.33. The van der Waals surface area contributed by atoms with E-state index >= 15 is 0 Å². The third-order valence-electron chi connectivity index (χ3n) is 7.54. The van der Waals surface area contributed by atoms with Crippen LogP contribution in [-0.4, -0.2) is 15.0 Å². The average Bonchev–Trinajstić information content (AvgIpc) is 3.44. The first-order valence-corrected chi connectivity index (χ1v) is 13.6. The molecule has 6 aromatic carbocycles. The van der Waals surface area contributed by atoms with Crippen LogP contribution >= 0.6 is 0 Å². The fourth-order valence-corrected chi connectivity index (χ4v) is 5.45. The van der Waals surface area contributed by atoms with Crippen molar-refractivity contribution in [2.24, 2.45) is 0 Å². The molecular weight excluding hydrogens is 502 g/mol. The maximum absolute atomic E-state index is 6.35. The third kappa shape index (κ3) is 4.14. The van der Waals surface area contributed by atoms with E-state index in [4.69, 9.17) is 19.4 Å². The minimum absolute atomic E-state index is 0.579. The number of hydrogen-bond donors (Lipinski definition) is 0. The molecule has 0 atom stereocenters. The van der Waals surface area contributed by atoms with Crippen LogP contribution in [-0.2, 0) is 0 Å². The number of benzene rings is 6. The van der Waals surface area contributed by atoms with E-state index in [1.807, 2.05) is 48.5 Å². The highest BCUT2D eigenvalue weighted by Crippen LogP contribution is 2.36. The van der Waals surface area contributed by atoms with Crippen molar-refractivity contribution >= 4 is 32.7 Å². The number of nitrogens with zero attached hydrogens (tertiary/aromatic N) is 3. The summed E-state index contributed by atoms with van der Waals surface area (Å²) in [5.41, 5.74) is 6.63. The Bertz CT molecular complexity index is 2200. The summed E-state index contributed by atoms with van der Waals surface area (Å²) in [4.78, 5) is 15.0. The predicted molar refractivity (Wildman–Crippen MR) is 166 cm³/mol. The maximum Gasteiger partial charge on any atom is 0.167 e. The van der Waals surface area contributed by atoms with Crippen LogP contribution in [0.1, 0.15) is 0 Å². The monoisotopic (exact) mass is 525 g/mol. The van der Waals surface area contributed by atoms with Crippen LogP contribution < -0.4 is 0 Å². The highest BCUT2D eigenvalue weighted by atomic mass is 16.3. The van der Waals surface area contributed by atoms with Crippen molar-refractivity contribution in [3.8, 4) is 45.3 Å². The summed E-state index contributed by atoms with van der Waals surface area (Å²) in [5.74, 6) is 1.82. The van der Waals surface area contributed by atoms with E-state index in [2.05, 4.69) is 91.0 Å². The van der Waals surface area contributed by atoms with Crippen LogP contribution in [0.25, 0.3) is 78.0 Å².